The van der Waals surface area contributed by atoms with Gasteiger partial charge in [-0.3, -0.25) is 0 Å². The van der Waals surface area contributed by atoms with E-state index in [0.717, 1.165) is 33.9 Å². The number of benzene rings is 12. The molecule has 0 bridgehead atoms. The van der Waals surface area contributed by atoms with Crippen molar-refractivity contribution in [2.24, 2.45) is 0 Å². The van der Waals surface area contributed by atoms with Crippen LogP contribution in [0.5, 0.6) is 0 Å². The van der Waals surface area contributed by atoms with E-state index in [-0.39, 0.29) is 0 Å². The molecule has 16 rings (SSSR count). The highest BCUT2D eigenvalue weighted by Crippen LogP contribution is 2.63. The Bertz CT molecular complexity index is 4640. The molecule has 1 atom stereocenters. The molecule has 76 heavy (non-hydrogen) atoms. The number of hydrogen-bond acceptors (Lipinski definition) is 1. The van der Waals surface area contributed by atoms with Crippen molar-refractivity contribution in [1.29, 1.82) is 0 Å². The van der Waals surface area contributed by atoms with E-state index in [0.29, 0.717) is 0 Å². The normalized spacial score (nSPS) is 14.1. The SMILES string of the molecule is c1ccc(-c2ccccc2-c2ccccc2N(c2ccc(-c3ccc4c(c3)c3ccccc3n4-c3ccccc3)cc2)c2cccc3c2-c2ccccc2C32c3ccccc3-n3c4ccccc4c4cccc2c43)cc1. The molecule has 1 aliphatic carbocycles. The van der Waals surface area contributed by atoms with Gasteiger partial charge in [0.1, 0.15) is 0 Å². The standard InChI is InChI=1S/C73H47N3/c1-3-21-49(22-4-1)53-25-7-8-26-54(53)55-27-10-15-36-65(55)75(52-44-41-48(42-45-52)50-43-46-68-60(47-50)57-29-12-16-37-66(57)74(68)51-23-5-2-6-24-51)70-40-20-34-63-71(70)59-30-9-13-32-61(59)73(63)62-33-14-18-39-69(62)76-67-38-17-11-28-56(67)58-31-19-35-64(73)72(58)76/h1-47H. The first kappa shape index (κ1) is 42.5. The fraction of sp³-hybridized carbons (Fsp3) is 0.0137. The summed E-state index contributed by atoms with van der Waals surface area (Å²) in [5.41, 5.74) is 24.7. The molecule has 3 nitrogen and oxygen atoms in total. The van der Waals surface area contributed by atoms with E-state index in [1.165, 1.54) is 105 Å². The summed E-state index contributed by atoms with van der Waals surface area (Å²) >= 11 is 0. The van der Waals surface area contributed by atoms with Crippen LogP contribution in [0, 0.1) is 0 Å². The molecule has 354 valence electrons. The molecular formula is C73H47N3. The van der Waals surface area contributed by atoms with Crippen molar-refractivity contribution < 1.29 is 0 Å². The smallest absolute Gasteiger partial charge is 0.0755 e. The molecule has 0 radical (unpaired) electrons. The van der Waals surface area contributed by atoms with Gasteiger partial charge in [-0.15, -0.1) is 0 Å². The van der Waals surface area contributed by atoms with Crippen LogP contribution in [0.25, 0.3) is 99.5 Å². The van der Waals surface area contributed by atoms with Crippen molar-refractivity contribution in [3.05, 3.63) is 307 Å². The maximum Gasteiger partial charge on any atom is 0.0755 e. The largest absolute Gasteiger partial charge is 0.309 e. The van der Waals surface area contributed by atoms with E-state index in [4.69, 9.17) is 0 Å². The summed E-state index contributed by atoms with van der Waals surface area (Å²) in [6, 6.07) is 106. The molecule has 0 saturated heterocycles. The summed E-state index contributed by atoms with van der Waals surface area (Å²) in [5, 5.41) is 5.03. The first-order chi connectivity index (χ1) is 37.8. The highest BCUT2D eigenvalue weighted by molar-refractivity contribution is 6.14. The van der Waals surface area contributed by atoms with Crippen LogP contribution in [0.15, 0.2) is 285 Å². The summed E-state index contributed by atoms with van der Waals surface area (Å²) in [5.74, 6) is 0. The Morgan fingerprint density at radius 1 is 0.289 bits per heavy atom. The summed E-state index contributed by atoms with van der Waals surface area (Å²) < 4.78 is 4.91. The third-order valence-corrected chi connectivity index (χ3v) is 16.5. The topological polar surface area (TPSA) is 13.1 Å². The Labute approximate surface area is 441 Å². The van der Waals surface area contributed by atoms with Crippen molar-refractivity contribution in [2.75, 3.05) is 4.90 Å². The average Bonchev–Trinajstić information content (AvgIpc) is 4.13. The van der Waals surface area contributed by atoms with Crippen LogP contribution in [0.4, 0.5) is 17.1 Å². The highest BCUT2D eigenvalue weighted by atomic mass is 15.1. The summed E-state index contributed by atoms with van der Waals surface area (Å²) in [7, 11) is 0. The number of anilines is 3. The Morgan fingerprint density at radius 2 is 0.829 bits per heavy atom. The van der Waals surface area contributed by atoms with Gasteiger partial charge in [0.05, 0.1) is 44.5 Å². The minimum atomic E-state index is -0.598. The summed E-state index contributed by atoms with van der Waals surface area (Å²) in [4.78, 5) is 2.54. The fourth-order valence-corrected chi connectivity index (χ4v) is 13.5. The Kier molecular flexibility index (Phi) is 9.25. The molecule has 0 fully saturated rings. The number of rotatable bonds is 7. The van der Waals surface area contributed by atoms with Crippen molar-refractivity contribution in [2.45, 2.75) is 5.41 Å². The van der Waals surface area contributed by atoms with Gasteiger partial charge in [0.15, 0.2) is 0 Å². The zero-order valence-corrected chi connectivity index (χ0v) is 41.5. The predicted octanol–water partition coefficient (Wildman–Crippen LogP) is 19.0. The van der Waals surface area contributed by atoms with Gasteiger partial charge < -0.3 is 14.0 Å². The van der Waals surface area contributed by atoms with E-state index in [2.05, 4.69) is 299 Å². The fourth-order valence-electron chi connectivity index (χ4n) is 13.5. The Hall–Kier alpha value is -9.96. The van der Waals surface area contributed by atoms with Crippen LogP contribution in [-0.2, 0) is 5.41 Å². The number of hydrogen-bond donors (Lipinski definition) is 0. The van der Waals surface area contributed by atoms with Crippen molar-refractivity contribution in [3.63, 3.8) is 0 Å². The lowest BCUT2D eigenvalue weighted by atomic mass is 9.65. The number of nitrogens with zero attached hydrogens (tertiary/aromatic N) is 3. The van der Waals surface area contributed by atoms with Crippen LogP contribution in [0.1, 0.15) is 22.3 Å². The van der Waals surface area contributed by atoms with Gasteiger partial charge in [-0.1, -0.05) is 218 Å². The number of fused-ring (bicyclic) bond motifs is 15. The first-order valence-corrected chi connectivity index (χ1v) is 26.3. The minimum Gasteiger partial charge on any atom is -0.309 e. The van der Waals surface area contributed by atoms with Gasteiger partial charge in [0, 0.05) is 44.0 Å². The Balaban J connectivity index is 0.939. The molecule has 1 spiro atoms. The van der Waals surface area contributed by atoms with Gasteiger partial charge in [-0.05, 0) is 122 Å². The Morgan fingerprint density at radius 3 is 1.63 bits per heavy atom. The van der Waals surface area contributed by atoms with E-state index in [1.807, 2.05) is 0 Å². The number of aromatic nitrogens is 2. The second-order valence-electron chi connectivity index (χ2n) is 20.3. The highest BCUT2D eigenvalue weighted by Gasteiger charge is 2.51. The number of para-hydroxylation sites is 6. The van der Waals surface area contributed by atoms with Crippen LogP contribution < -0.4 is 4.90 Å². The minimum absolute atomic E-state index is 0.598. The summed E-state index contributed by atoms with van der Waals surface area (Å²) in [6.07, 6.45) is 0. The zero-order chi connectivity index (χ0) is 49.9. The van der Waals surface area contributed by atoms with Gasteiger partial charge in [0.25, 0.3) is 0 Å². The molecule has 3 heteroatoms. The van der Waals surface area contributed by atoms with Gasteiger partial charge in [-0.2, -0.15) is 0 Å². The van der Waals surface area contributed by atoms with Crippen molar-refractivity contribution in [1.82, 2.24) is 9.13 Å². The molecule has 2 aromatic heterocycles. The second-order valence-corrected chi connectivity index (χ2v) is 20.3. The van der Waals surface area contributed by atoms with Crippen LogP contribution >= 0.6 is 0 Å². The van der Waals surface area contributed by atoms with Crippen LogP contribution in [0.3, 0.4) is 0 Å². The van der Waals surface area contributed by atoms with E-state index in [1.54, 1.807) is 0 Å². The van der Waals surface area contributed by atoms with E-state index < -0.39 is 5.41 Å². The molecule has 2 aliphatic rings. The summed E-state index contributed by atoms with van der Waals surface area (Å²) in [6.45, 7) is 0. The third-order valence-electron chi connectivity index (χ3n) is 16.5. The van der Waals surface area contributed by atoms with E-state index in [9.17, 15) is 0 Å². The zero-order valence-electron chi connectivity index (χ0n) is 41.5. The molecule has 0 saturated carbocycles. The molecule has 3 heterocycles. The molecule has 0 amide bonds. The molecule has 14 aromatic rings. The maximum atomic E-state index is 2.54. The van der Waals surface area contributed by atoms with Gasteiger partial charge in [-0.25, -0.2) is 0 Å². The quantitative estimate of drug-likeness (QED) is 0.155. The first-order valence-electron chi connectivity index (χ1n) is 26.3. The van der Waals surface area contributed by atoms with Crippen molar-refractivity contribution in [3.8, 4) is 55.9 Å². The lowest BCUT2D eigenvalue weighted by molar-refractivity contribution is 0.748. The van der Waals surface area contributed by atoms with Crippen LogP contribution in [-0.4, -0.2) is 9.13 Å². The molecule has 12 aromatic carbocycles. The average molecular weight is 966 g/mol. The molecule has 0 N–H and O–H groups in total. The monoisotopic (exact) mass is 965 g/mol. The molecule has 1 unspecified atom stereocenters. The van der Waals surface area contributed by atoms with Gasteiger partial charge in [0.2, 0.25) is 0 Å². The van der Waals surface area contributed by atoms with Crippen molar-refractivity contribution >= 4 is 60.7 Å². The van der Waals surface area contributed by atoms with E-state index >= 15 is 0 Å². The van der Waals surface area contributed by atoms with Gasteiger partial charge >= 0.3 is 0 Å². The second kappa shape index (κ2) is 16.5. The van der Waals surface area contributed by atoms with Crippen LogP contribution in [0.2, 0.25) is 0 Å². The third kappa shape index (κ3) is 5.94. The molecule has 1 aliphatic heterocycles. The molecular weight excluding hydrogens is 919 g/mol. The predicted molar refractivity (Wildman–Crippen MR) is 317 cm³/mol. The lowest BCUT2D eigenvalue weighted by Crippen LogP contribution is -2.33. The maximum absolute atomic E-state index is 2.54. The lowest BCUT2D eigenvalue weighted by Gasteiger charge is -2.39.